The fourth-order valence-electron chi connectivity index (χ4n) is 1.64. The molecule has 1 amide bonds. The molecule has 0 unspecified atom stereocenters. The lowest BCUT2D eigenvalue weighted by molar-refractivity contribution is -0.384. The number of nitrogens with one attached hydrogen (secondary N) is 1. The maximum atomic E-state index is 13.0. The van der Waals surface area contributed by atoms with Crippen molar-refractivity contribution in [1.29, 1.82) is 0 Å². The van der Waals surface area contributed by atoms with Crippen molar-refractivity contribution in [2.75, 3.05) is 5.32 Å². The van der Waals surface area contributed by atoms with Crippen LogP contribution in [0.5, 0.6) is 0 Å². The second-order valence-electron chi connectivity index (χ2n) is 3.94. The summed E-state index contributed by atoms with van der Waals surface area (Å²) in [6, 6.07) is 0.253. The highest BCUT2D eigenvalue weighted by Gasteiger charge is 2.49. The molecule has 0 saturated carbocycles. The number of hydrogen-bond donors (Lipinski definition) is 1. The van der Waals surface area contributed by atoms with Crippen LogP contribution >= 0.6 is 15.9 Å². The van der Waals surface area contributed by atoms with Crippen molar-refractivity contribution >= 4 is 33.2 Å². The van der Waals surface area contributed by atoms with Gasteiger partial charge in [-0.25, -0.2) is 0 Å². The Labute approximate surface area is 126 Å². The lowest BCUT2D eigenvalue weighted by Crippen LogP contribution is -2.22. The molecule has 1 aromatic rings. The topological polar surface area (TPSA) is 72.2 Å². The first-order valence-corrected chi connectivity index (χ1v) is 5.99. The number of benzene rings is 1. The monoisotopic (exact) mass is 394 g/mol. The van der Waals surface area contributed by atoms with Crippen molar-refractivity contribution in [2.45, 2.75) is 19.3 Å². The second-order valence-corrected chi connectivity index (χ2v) is 4.79. The molecule has 22 heavy (non-hydrogen) atoms. The smallest absolute Gasteiger partial charge is 0.320 e. The van der Waals surface area contributed by atoms with Crippen LogP contribution in [0.2, 0.25) is 0 Å². The van der Waals surface area contributed by atoms with Crippen LogP contribution in [0.3, 0.4) is 0 Å². The average molecular weight is 395 g/mol. The molecule has 0 aromatic heterocycles. The first kappa shape index (κ1) is 18.2. The van der Waals surface area contributed by atoms with Gasteiger partial charge in [-0.1, -0.05) is 0 Å². The van der Waals surface area contributed by atoms with E-state index in [-0.39, 0.29) is 6.07 Å². The van der Waals surface area contributed by atoms with Gasteiger partial charge in [-0.05, 0) is 15.9 Å². The van der Waals surface area contributed by atoms with E-state index in [9.17, 15) is 41.3 Å². The molecule has 0 aliphatic carbocycles. The van der Waals surface area contributed by atoms with Gasteiger partial charge in [-0.3, -0.25) is 14.9 Å². The molecule has 1 aromatic carbocycles. The summed E-state index contributed by atoms with van der Waals surface area (Å²) in [6.07, 6.45) is -11.0. The molecule has 0 atom stereocenters. The zero-order chi connectivity index (χ0) is 17.5. The maximum absolute atomic E-state index is 13.0. The van der Waals surface area contributed by atoms with Crippen LogP contribution in [0.25, 0.3) is 0 Å². The van der Waals surface area contributed by atoms with Crippen LogP contribution in [0, 0.1) is 10.1 Å². The molecule has 0 radical (unpaired) electrons. The van der Waals surface area contributed by atoms with Crippen LogP contribution in [0.4, 0.5) is 37.7 Å². The molecule has 0 spiro atoms. The van der Waals surface area contributed by atoms with E-state index in [1.807, 2.05) is 0 Å². The van der Waals surface area contributed by atoms with Crippen LogP contribution in [0.1, 0.15) is 18.1 Å². The number of nitrogens with zero attached hydrogens (tertiary/aromatic N) is 1. The number of amides is 1. The number of carbonyl (C=O) groups is 1. The molecule has 1 rings (SSSR count). The summed E-state index contributed by atoms with van der Waals surface area (Å²) in [5, 5.41) is 12.2. The number of halogens is 7. The Hall–Kier alpha value is -1.85. The number of nitro groups is 1. The Bertz CT molecular complexity index is 641. The number of alkyl halides is 6. The van der Waals surface area contributed by atoms with Crippen molar-refractivity contribution in [3.05, 3.63) is 31.8 Å². The normalized spacial score (nSPS) is 12.2. The molecule has 12 heteroatoms. The van der Waals surface area contributed by atoms with Gasteiger partial charge in [0, 0.05) is 17.5 Å². The minimum Gasteiger partial charge on any atom is -0.320 e. The summed E-state index contributed by atoms with van der Waals surface area (Å²) < 4.78 is 76.5. The lowest BCUT2D eigenvalue weighted by Gasteiger charge is -2.20. The van der Waals surface area contributed by atoms with Gasteiger partial charge in [0.25, 0.3) is 5.69 Å². The summed E-state index contributed by atoms with van der Waals surface area (Å²) in [6.45, 7) is 0.708. The molecule has 0 fully saturated rings. The predicted molar refractivity (Wildman–Crippen MR) is 65.1 cm³/mol. The number of nitro benzene ring substituents is 1. The molecule has 0 aliphatic heterocycles. The molecular weight excluding hydrogens is 390 g/mol. The first-order chi connectivity index (χ1) is 9.76. The van der Waals surface area contributed by atoms with Gasteiger partial charge in [-0.15, -0.1) is 0 Å². The maximum Gasteiger partial charge on any atom is 0.419 e. The summed E-state index contributed by atoms with van der Waals surface area (Å²) >= 11 is 2.26. The summed E-state index contributed by atoms with van der Waals surface area (Å²) in [4.78, 5) is 20.4. The summed E-state index contributed by atoms with van der Waals surface area (Å²) in [5.41, 5.74) is -7.37. The van der Waals surface area contributed by atoms with Gasteiger partial charge < -0.3 is 5.32 Å². The van der Waals surface area contributed by atoms with Crippen LogP contribution in [-0.2, 0) is 17.1 Å². The third-order valence-electron chi connectivity index (χ3n) is 2.32. The van der Waals surface area contributed by atoms with Gasteiger partial charge in [0.15, 0.2) is 0 Å². The molecular formula is C10H5BrF6N2O3. The lowest BCUT2D eigenvalue weighted by atomic mass is 10.0. The number of hydrogen-bond acceptors (Lipinski definition) is 3. The van der Waals surface area contributed by atoms with Gasteiger partial charge in [0.1, 0.15) is 5.69 Å². The van der Waals surface area contributed by atoms with Crippen LogP contribution < -0.4 is 5.32 Å². The predicted octanol–water partition coefficient (Wildman–Crippen LogP) is 4.35. The van der Waals surface area contributed by atoms with Gasteiger partial charge in [0.05, 0.1) is 16.1 Å². The highest BCUT2D eigenvalue weighted by atomic mass is 79.9. The van der Waals surface area contributed by atoms with Gasteiger partial charge in [0.2, 0.25) is 5.91 Å². The summed E-state index contributed by atoms with van der Waals surface area (Å²) in [5.74, 6) is -1.19. The van der Waals surface area contributed by atoms with Crippen molar-refractivity contribution in [3.63, 3.8) is 0 Å². The van der Waals surface area contributed by atoms with Crippen molar-refractivity contribution < 1.29 is 36.1 Å². The second kappa shape index (κ2) is 5.74. The highest BCUT2D eigenvalue weighted by Crippen LogP contribution is 2.50. The zero-order valence-electron chi connectivity index (χ0n) is 10.4. The van der Waals surface area contributed by atoms with Crippen molar-refractivity contribution in [1.82, 2.24) is 0 Å². The molecule has 1 N–H and O–H groups in total. The Balaban J connectivity index is 3.98. The molecule has 122 valence electrons. The van der Waals surface area contributed by atoms with Crippen molar-refractivity contribution in [3.8, 4) is 0 Å². The molecule has 0 aliphatic rings. The minimum absolute atomic E-state index is 0.253. The molecule has 0 heterocycles. The van der Waals surface area contributed by atoms with Gasteiger partial charge >= 0.3 is 12.4 Å². The third kappa shape index (κ3) is 3.67. The van der Waals surface area contributed by atoms with E-state index in [1.165, 1.54) is 5.32 Å². The van der Waals surface area contributed by atoms with Crippen LogP contribution in [0.15, 0.2) is 10.5 Å². The Morgan fingerprint density at radius 2 is 1.64 bits per heavy atom. The molecule has 0 saturated heterocycles. The quantitative estimate of drug-likeness (QED) is 0.460. The van der Waals surface area contributed by atoms with E-state index in [1.54, 1.807) is 0 Å². The van der Waals surface area contributed by atoms with E-state index < -0.39 is 50.2 Å². The van der Waals surface area contributed by atoms with E-state index in [0.717, 1.165) is 0 Å². The average Bonchev–Trinajstić information content (AvgIpc) is 2.26. The minimum atomic E-state index is -5.59. The number of carbonyl (C=O) groups excluding carboxylic acids is 1. The van der Waals surface area contributed by atoms with E-state index in [4.69, 9.17) is 0 Å². The Morgan fingerprint density at radius 3 is 1.95 bits per heavy atom. The molecule has 0 bridgehead atoms. The Kier molecular flexibility index (Phi) is 4.75. The fourth-order valence-corrected chi connectivity index (χ4v) is 2.28. The zero-order valence-corrected chi connectivity index (χ0v) is 12.0. The SMILES string of the molecule is CC(=O)Nc1c([N+](=O)[O-])cc(Br)c(C(F)(F)F)c1C(F)(F)F. The fraction of sp³-hybridized carbons (Fsp3) is 0.300. The number of rotatable bonds is 2. The first-order valence-electron chi connectivity index (χ1n) is 5.19. The van der Waals surface area contributed by atoms with Crippen molar-refractivity contribution in [2.24, 2.45) is 0 Å². The molecule has 5 nitrogen and oxygen atoms in total. The Morgan fingerprint density at radius 1 is 1.18 bits per heavy atom. The third-order valence-corrected chi connectivity index (χ3v) is 2.95. The van der Waals surface area contributed by atoms with E-state index in [2.05, 4.69) is 15.9 Å². The standard InChI is InChI=1S/C10H5BrF6N2O3/c1-3(20)18-8-5(19(21)22)2-4(11)6(9(12,13)14)7(8)10(15,16)17/h2H,1H3,(H,18,20). The van der Waals surface area contributed by atoms with E-state index in [0.29, 0.717) is 6.92 Å². The summed E-state index contributed by atoms with van der Waals surface area (Å²) in [7, 11) is 0. The van der Waals surface area contributed by atoms with Crippen LogP contribution in [-0.4, -0.2) is 10.8 Å². The highest BCUT2D eigenvalue weighted by molar-refractivity contribution is 9.10. The number of anilines is 1. The van der Waals surface area contributed by atoms with E-state index >= 15 is 0 Å². The largest absolute Gasteiger partial charge is 0.419 e. The van der Waals surface area contributed by atoms with Gasteiger partial charge in [-0.2, -0.15) is 26.3 Å².